The van der Waals surface area contributed by atoms with Crippen molar-refractivity contribution < 1.29 is 8.42 Å². The van der Waals surface area contributed by atoms with Crippen LogP contribution in [0.15, 0.2) is 66.1 Å². The second-order valence-electron chi connectivity index (χ2n) is 9.95. The van der Waals surface area contributed by atoms with Crippen LogP contribution < -0.4 is 0 Å². The molecule has 0 radical (unpaired) electrons. The average Bonchev–Trinajstić information content (AvgIpc) is 3.64. The minimum absolute atomic E-state index is 0.251. The number of aromatic nitrogens is 4. The van der Waals surface area contributed by atoms with Crippen LogP contribution in [0.25, 0.3) is 22.2 Å². The normalized spacial score (nSPS) is 21.6. The molecule has 6 rings (SSSR count). The fourth-order valence-electron chi connectivity index (χ4n) is 5.88. The first-order valence-corrected chi connectivity index (χ1v) is 14.0. The number of rotatable bonds is 5. The van der Waals surface area contributed by atoms with Crippen molar-refractivity contribution in [3.05, 3.63) is 66.7 Å². The van der Waals surface area contributed by atoms with Crippen molar-refractivity contribution in [1.29, 1.82) is 0 Å². The zero-order valence-corrected chi connectivity index (χ0v) is 20.9. The van der Waals surface area contributed by atoms with Gasteiger partial charge in [-0.1, -0.05) is 18.2 Å². The molecule has 1 aliphatic carbocycles. The van der Waals surface area contributed by atoms with Crippen LogP contribution in [0.3, 0.4) is 0 Å². The lowest BCUT2D eigenvalue weighted by molar-refractivity contribution is 0.182. The van der Waals surface area contributed by atoms with E-state index >= 15 is 0 Å². The van der Waals surface area contributed by atoms with Crippen molar-refractivity contribution in [1.82, 2.24) is 23.6 Å². The van der Waals surface area contributed by atoms with Crippen molar-refractivity contribution in [3.8, 4) is 11.1 Å². The fraction of sp³-hybridized carbons (Fsp3) is 0.407. The Morgan fingerprint density at radius 2 is 1.69 bits per heavy atom. The number of hydrogen-bond donors (Lipinski definition) is 0. The van der Waals surface area contributed by atoms with E-state index in [-0.39, 0.29) is 4.90 Å². The molecule has 4 aromatic rings. The predicted molar refractivity (Wildman–Crippen MR) is 137 cm³/mol. The van der Waals surface area contributed by atoms with Gasteiger partial charge in [-0.15, -0.1) is 0 Å². The zero-order valence-electron chi connectivity index (χ0n) is 20.0. The molecule has 182 valence electrons. The summed E-state index contributed by atoms with van der Waals surface area (Å²) in [6.45, 7) is 2.50. The van der Waals surface area contributed by atoms with Gasteiger partial charge in [-0.3, -0.25) is 4.68 Å². The van der Waals surface area contributed by atoms with Gasteiger partial charge >= 0.3 is 0 Å². The highest BCUT2D eigenvalue weighted by Gasteiger charge is 2.29. The van der Waals surface area contributed by atoms with E-state index in [0.717, 1.165) is 29.4 Å². The van der Waals surface area contributed by atoms with Gasteiger partial charge in [0.25, 0.3) is 10.0 Å². The molecule has 4 heterocycles. The maximum Gasteiger partial charge on any atom is 0.269 e. The number of aryl methyl sites for hydroxylation is 1. The topological polar surface area (TPSA) is 73.0 Å². The van der Waals surface area contributed by atoms with E-state index in [1.807, 2.05) is 25.5 Å². The first kappa shape index (κ1) is 22.5. The average molecular weight is 490 g/mol. The molecular weight excluding hydrogens is 458 g/mol. The third-order valence-corrected chi connectivity index (χ3v) is 9.44. The van der Waals surface area contributed by atoms with E-state index in [1.165, 1.54) is 48.3 Å². The van der Waals surface area contributed by atoms with Crippen LogP contribution in [-0.2, 0) is 17.1 Å². The van der Waals surface area contributed by atoms with E-state index in [4.69, 9.17) is 4.98 Å². The monoisotopic (exact) mass is 489 g/mol. The number of likely N-dealkylation sites (tertiary alicyclic amines) is 1. The van der Waals surface area contributed by atoms with Gasteiger partial charge in [0.15, 0.2) is 5.65 Å². The van der Waals surface area contributed by atoms with Gasteiger partial charge in [-0.05, 0) is 81.3 Å². The summed E-state index contributed by atoms with van der Waals surface area (Å²) in [6.07, 6.45) is 14.7. The maximum absolute atomic E-state index is 13.5. The summed E-state index contributed by atoms with van der Waals surface area (Å²) in [5.74, 6) is 0.460. The summed E-state index contributed by atoms with van der Waals surface area (Å²) in [7, 11) is -1.91. The van der Waals surface area contributed by atoms with E-state index in [1.54, 1.807) is 41.3 Å². The molecule has 0 spiro atoms. The van der Waals surface area contributed by atoms with Crippen molar-refractivity contribution in [3.63, 3.8) is 0 Å². The predicted octanol–water partition coefficient (Wildman–Crippen LogP) is 4.80. The molecule has 7 nitrogen and oxygen atoms in total. The van der Waals surface area contributed by atoms with Gasteiger partial charge in [0.2, 0.25) is 0 Å². The van der Waals surface area contributed by atoms with Gasteiger partial charge in [-0.25, -0.2) is 17.4 Å². The fourth-order valence-corrected chi connectivity index (χ4v) is 7.22. The first-order chi connectivity index (χ1) is 17.0. The van der Waals surface area contributed by atoms with Crippen molar-refractivity contribution in [2.75, 3.05) is 13.1 Å². The van der Waals surface area contributed by atoms with E-state index in [0.29, 0.717) is 17.6 Å². The molecule has 0 unspecified atom stereocenters. The zero-order chi connectivity index (χ0) is 24.0. The Labute approximate surface area is 206 Å². The van der Waals surface area contributed by atoms with Crippen LogP contribution in [0.2, 0.25) is 0 Å². The maximum atomic E-state index is 13.5. The molecule has 1 aliphatic heterocycles. The van der Waals surface area contributed by atoms with Crippen molar-refractivity contribution >= 4 is 21.1 Å². The van der Waals surface area contributed by atoms with E-state index < -0.39 is 10.0 Å². The lowest BCUT2D eigenvalue weighted by atomic mass is 9.81. The molecule has 1 saturated carbocycles. The second-order valence-corrected chi connectivity index (χ2v) is 11.8. The highest BCUT2D eigenvalue weighted by atomic mass is 32.2. The smallest absolute Gasteiger partial charge is 0.269 e. The van der Waals surface area contributed by atoms with E-state index in [2.05, 4.69) is 16.1 Å². The van der Waals surface area contributed by atoms with Crippen molar-refractivity contribution in [2.24, 2.45) is 7.05 Å². The minimum Gasteiger partial charge on any atom is -0.300 e. The lowest BCUT2D eigenvalue weighted by Gasteiger charge is -2.34. The molecule has 0 N–H and O–H groups in total. The van der Waals surface area contributed by atoms with Gasteiger partial charge in [0.05, 0.1) is 11.1 Å². The SMILES string of the molecule is Cn1cc(-c2cn(S(=O)(=O)c3ccccc3)c3ncc(C4CCC(N5CCCC5)CC4)cc23)cn1. The molecular formula is C27H31N5O2S. The van der Waals surface area contributed by atoms with Gasteiger partial charge < -0.3 is 4.90 Å². The second kappa shape index (κ2) is 8.91. The quantitative estimate of drug-likeness (QED) is 0.403. The first-order valence-electron chi connectivity index (χ1n) is 12.6. The summed E-state index contributed by atoms with van der Waals surface area (Å²) in [6, 6.07) is 11.4. The molecule has 0 amide bonds. The van der Waals surface area contributed by atoms with Gasteiger partial charge in [-0.2, -0.15) is 5.10 Å². The summed E-state index contributed by atoms with van der Waals surface area (Å²) in [5.41, 5.74) is 3.39. The molecule has 0 bridgehead atoms. The molecule has 35 heavy (non-hydrogen) atoms. The molecule has 2 aliphatic rings. The molecule has 1 aromatic carbocycles. The number of nitrogens with zero attached hydrogens (tertiary/aromatic N) is 5. The molecule has 1 saturated heterocycles. The van der Waals surface area contributed by atoms with Crippen molar-refractivity contribution in [2.45, 2.75) is 55.4 Å². The molecule has 0 atom stereocenters. The molecule has 2 fully saturated rings. The van der Waals surface area contributed by atoms with Crippen LogP contribution in [0.1, 0.15) is 50.0 Å². The number of hydrogen-bond acceptors (Lipinski definition) is 5. The van der Waals surface area contributed by atoms with Crippen LogP contribution in [0.5, 0.6) is 0 Å². The standard InChI is InChI=1S/C27H31N5O2S/c1-30-18-22(17-29-30)26-19-32(35(33,34)24-7-3-2-4-8-24)27-25(26)15-21(16-28-27)20-9-11-23(12-10-20)31-13-5-6-14-31/h2-4,7-8,15-20,23H,5-6,9-14H2,1H3. The Hall–Kier alpha value is -2.97. The summed E-state index contributed by atoms with van der Waals surface area (Å²) < 4.78 is 30.2. The number of benzene rings is 1. The van der Waals surface area contributed by atoms with E-state index in [9.17, 15) is 8.42 Å². The lowest BCUT2D eigenvalue weighted by Crippen LogP contribution is -2.35. The highest BCUT2D eigenvalue weighted by molar-refractivity contribution is 7.90. The Morgan fingerprint density at radius 3 is 2.37 bits per heavy atom. The third kappa shape index (κ3) is 4.08. The highest BCUT2D eigenvalue weighted by Crippen LogP contribution is 2.39. The molecule has 8 heteroatoms. The Bertz CT molecular complexity index is 1440. The summed E-state index contributed by atoms with van der Waals surface area (Å²) in [4.78, 5) is 7.67. The minimum atomic E-state index is -3.78. The summed E-state index contributed by atoms with van der Waals surface area (Å²) >= 11 is 0. The summed E-state index contributed by atoms with van der Waals surface area (Å²) in [5, 5.41) is 5.18. The van der Waals surface area contributed by atoms with Gasteiger partial charge in [0.1, 0.15) is 0 Å². The largest absolute Gasteiger partial charge is 0.300 e. The van der Waals surface area contributed by atoms with Crippen LogP contribution in [0, 0.1) is 0 Å². The van der Waals surface area contributed by atoms with Gasteiger partial charge in [0, 0.05) is 48.2 Å². The number of fused-ring (bicyclic) bond motifs is 1. The number of pyridine rings is 1. The third-order valence-electron chi connectivity index (χ3n) is 7.77. The Morgan fingerprint density at radius 1 is 0.943 bits per heavy atom. The van der Waals surface area contributed by atoms with Crippen LogP contribution in [0.4, 0.5) is 0 Å². The molecule has 3 aromatic heterocycles. The van der Waals surface area contributed by atoms with Crippen LogP contribution in [-0.4, -0.2) is 51.2 Å². The Balaban J connectivity index is 1.39. The Kier molecular flexibility index (Phi) is 5.73. The van der Waals surface area contributed by atoms with Crippen LogP contribution >= 0.6 is 0 Å².